The number of anilines is 1. The number of aromatic hydroxyl groups is 1. The third kappa shape index (κ3) is 3.79. The molecule has 3 aromatic rings. The van der Waals surface area contributed by atoms with Crippen LogP contribution in [-0.4, -0.2) is 22.8 Å². The Morgan fingerprint density at radius 1 is 1.17 bits per heavy atom. The highest BCUT2D eigenvalue weighted by molar-refractivity contribution is 6.31. The Morgan fingerprint density at radius 2 is 2.04 bits per heavy atom. The molecule has 0 aliphatic heterocycles. The molecule has 23 heavy (non-hydrogen) atoms. The molecule has 0 aliphatic carbocycles. The Balaban J connectivity index is 1.63. The highest BCUT2D eigenvalue weighted by atomic mass is 35.5. The molecular formula is C18H16ClN3O. The van der Waals surface area contributed by atoms with Gasteiger partial charge in [0, 0.05) is 40.6 Å². The number of halogens is 1. The summed E-state index contributed by atoms with van der Waals surface area (Å²) >= 11 is 5.99. The average molecular weight is 326 g/mol. The number of pyridine rings is 1. The minimum atomic E-state index is 0.273. The van der Waals surface area contributed by atoms with E-state index in [1.807, 2.05) is 36.4 Å². The van der Waals surface area contributed by atoms with Crippen LogP contribution in [0.4, 0.5) is 5.69 Å². The first-order valence-electron chi connectivity index (χ1n) is 7.27. The number of aliphatic imine (C=N–C) groups is 1. The van der Waals surface area contributed by atoms with Crippen molar-refractivity contribution in [3.05, 3.63) is 65.3 Å². The SMILES string of the molecule is Oc1ccccc1CN=CCNc1ccnc2cc(Cl)ccc12. The van der Waals surface area contributed by atoms with Gasteiger partial charge in [-0.1, -0.05) is 29.8 Å². The van der Waals surface area contributed by atoms with Gasteiger partial charge in [-0.2, -0.15) is 0 Å². The van der Waals surface area contributed by atoms with Gasteiger partial charge in [-0.25, -0.2) is 0 Å². The van der Waals surface area contributed by atoms with Crippen LogP contribution in [0.15, 0.2) is 59.7 Å². The Hall–Kier alpha value is -2.59. The molecule has 2 N–H and O–H groups in total. The zero-order chi connectivity index (χ0) is 16.1. The number of aromatic nitrogens is 1. The van der Waals surface area contributed by atoms with Gasteiger partial charge in [0.2, 0.25) is 0 Å². The molecule has 4 nitrogen and oxygen atoms in total. The summed E-state index contributed by atoms with van der Waals surface area (Å²) in [7, 11) is 0. The lowest BCUT2D eigenvalue weighted by molar-refractivity contribution is 0.468. The molecule has 3 rings (SSSR count). The van der Waals surface area contributed by atoms with Crippen molar-refractivity contribution in [3.63, 3.8) is 0 Å². The van der Waals surface area contributed by atoms with Crippen LogP contribution < -0.4 is 5.32 Å². The van der Waals surface area contributed by atoms with Crippen molar-refractivity contribution in [1.29, 1.82) is 0 Å². The molecule has 0 saturated heterocycles. The maximum atomic E-state index is 9.68. The molecule has 0 amide bonds. The summed E-state index contributed by atoms with van der Waals surface area (Å²) in [4.78, 5) is 8.64. The number of nitrogens with zero attached hydrogens (tertiary/aromatic N) is 2. The van der Waals surface area contributed by atoms with Crippen LogP contribution in [0, 0.1) is 0 Å². The van der Waals surface area contributed by atoms with E-state index in [-0.39, 0.29) is 5.75 Å². The van der Waals surface area contributed by atoms with Gasteiger partial charge < -0.3 is 10.4 Å². The van der Waals surface area contributed by atoms with E-state index in [4.69, 9.17) is 11.6 Å². The molecule has 1 aromatic heterocycles. The van der Waals surface area contributed by atoms with Gasteiger partial charge in [0.1, 0.15) is 5.75 Å². The summed E-state index contributed by atoms with van der Waals surface area (Å²) in [5.74, 6) is 0.273. The van der Waals surface area contributed by atoms with Gasteiger partial charge in [0.15, 0.2) is 0 Å². The first-order valence-corrected chi connectivity index (χ1v) is 7.65. The number of para-hydroxylation sites is 1. The van der Waals surface area contributed by atoms with Crippen LogP contribution in [0.2, 0.25) is 5.02 Å². The summed E-state index contributed by atoms with van der Waals surface area (Å²) in [6, 6.07) is 14.8. The number of benzene rings is 2. The largest absolute Gasteiger partial charge is 0.508 e. The number of fused-ring (bicyclic) bond motifs is 1. The first-order chi connectivity index (χ1) is 11.2. The number of hydrogen-bond donors (Lipinski definition) is 2. The molecule has 0 fully saturated rings. The molecule has 116 valence electrons. The van der Waals surface area contributed by atoms with Crippen LogP contribution in [0.5, 0.6) is 5.75 Å². The number of nitrogens with one attached hydrogen (secondary N) is 1. The van der Waals surface area contributed by atoms with Crippen LogP contribution in [0.25, 0.3) is 10.9 Å². The molecule has 0 saturated carbocycles. The number of rotatable bonds is 5. The van der Waals surface area contributed by atoms with E-state index >= 15 is 0 Å². The molecule has 0 radical (unpaired) electrons. The van der Waals surface area contributed by atoms with Gasteiger partial charge in [-0.3, -0.25) is 9.98 Å². The highest BCUT2D eigenvalue weighted by Gasteiger charge is 2.01. The van der Waals surface area contributed by atoms with Gasteiger partial charge in [-0.15, -0.1) is 0 Å². The summed E-state index contributed by atoms with van der Waals surface area (Å²) < 4.78 is 0. The van der Waals surface area contributed by atoms with E-state index in [0.29, 0.717) is 18.1 Å². The Kier molecular flexibility index (Phi) is 4.74. The van der Waals surface area contributed by atoms with Crippen LogP contribution in [0.3, 0.4) is 0 Å². The van der Waals surface area contributed by atoms with E-state index in [2.05, 4.69) is 15.3 Å². The van der Waals surface area contributed by atoms with Crippen molar-refractivity contribution in [2.45, 2.75) is 6.54 Å². The highest BCUT2D eigenvalue weighted by Crippen LogP contribution is 2.24. The van der Waals surface area contributed by atoms with E-state index in [1.165, 1.54) is 0 Å². The molecule has 0 aliphatic rings. The second-order valence-corrected chi connectivity index (χ2v) is 5.49. The predicted octanol–water partition coefficient (Wildman–Crippen LogP) is 4.28. The van der Waals surface area contributed by atoms with Crippen molar-refractivity contribution < 1.29 is 5.11 Å². The summed E-state index contributed by atoms with van der Waals surface area (Å²) in [6.45, 7) is 1.05. The summed E-state index contributed by atoms with van der Waals surface area (Å²) in [5.41, 5.74) is 2.65. The molecule has 0 unspecified atom stereocenters. The lowest BCUT2D eigenvalue weighted by atomic mass is 10.2. The molecule has 0 atom stereocenters. The first kappa shape index (κ1) is 15.3. The third-order valence-corrected chi connectivity index (χ3v) is 3.71. The van der Waals surface area contributed by atoms with E-state index in [9.17, 15) is 5.11 Å². The quantitative estimate of drug-likeness (QED) is 0.688. The fourth-order valence-corrected chi connectivity index (χ4v) is 2.47. The predicted molar refractivity (Wildman–Crippen MR) is 95.5 cm³/mol. The summed E-state index contributed by atoms with van der Waals surface area (Å²) in [6.07, 6.45) is 3.55. The maximum absolute atomic E-state index is 9.68. The fourth-order valence-electron chi connectivity index (χ4n) is 2.30. The maximum Gasteiger partial charge on any atom is 0.120 e. The van der Waals surface area contributed by atoms with Crippen molar-refractivity contribution in [3.8, 4) is 5.75 Å². The van der Waals surface area contributed by atoms with E-state index in [0.717, 1.165) is 22.2 Å². The van der Waals surface area contributed by atoms with Gasteiger partial charge in [0.25, 0.3) is 0 Å². The lowest BCUT2D eigenvalue weighted by Gasteiger charge is -2.07. The summed E-state index contributed by atoms with van der Waals surface area (Å²) in [5, 5.41) is 14.7. The third-order valence-electron chi connectivity index (χ3n) is 3.47. The van der Waals surface area contributed by atoms with Gasteiger partial charge >= 0.3 is 0 Å². The smallest absolute Gasteiger partial charge is 0.120 e. The molecule has 0 bridgehead atoms. The molecule has 5 heteroatoms. The number of phenols is 1. The lowest BCUT2D eigenvalue weighted by Crippen LogP contribution is -2.03. The molecule has 1 heterocycles. The molecule has 2 aromatic carbocycles. The van der Waals surface area contributed by atoms with Gasteiger partial charge in [0.05, 0.1) is 12.1 Å². The van der Waals surface area contributed by atoms with E-state index in [1.54, 1.807) is 24.5 Å². The topological polar surface area (TPSA) is 57.5 Å². The minimum Gasteiger partial charge on any atom is -0.508 e. The standard InChI is InChI=1S/C18H16ClN3O/c19-14-5-6-15-16(7-8-21-17(15)11-14)22-10-9-20-12-13-3-1-2-4-18(13)23/h1-9,11,23H,10,12H2,(H,21,22). The van der Waals surface area contributed by atoms with Crippen molar-refractivity contribution in [2.24, 2.45) is 4.99 Å². The van der Waals surface area contributed by atoms with Crippen molar-refractivity contribution >= 4 is 34.4 Å². The Bertz CT molecular complexity index is 849. The number of phenolic OH excluding ortho intramolecular Hbond substituents is 1. The fraction of sp³-hybridized carbons (Fsp3) is 0.111. The zero-order valence-corrected chi connectivity index (χ0v) is 13.2. The zero-order valence-electron chi connectivity index (χ0n) is 12.4. The van der Waals surface area contributed by atoms with Crippen molar-refractivity contribution in [2.75, 3.05) is 11.9 Å². The van der Waals surface area contributed by atoms with Crippen LogP contribution in [-0.2, 0) is 6.54 Å². The molecule has 0 spiro atoms. The molecular weight excluding hydrogens is 310 g/mol. The average Bonchev–Trinajstić information content (AvgIpc) is 2.56. The van der Waals surface area contributed by atoms with Crippen LogP contribution in [0.1, 0.15) is 5.56 Å². The van der Waals surface area contributed by atoms with Gasteiger partial charge in [-0.05, 0) is 30.3 Å². The van der Waals surface area contributed by atoms with Crippen molar-refractivity contribution in [1.82, 2.24) is 4.98 Å². The Morgan fingerprint density at radius 3 is 2.91 bits per heavy atom. The minimum absolute atomic E-state index is 0.273. The monoisotopic (exact) mass is 325 g/mol. The van der Waals surface area contributed by atoms with Crippen LogP contribution >= 0.6 is 11.6 Å². The second-order valence-electron chi connectivity index (χ2n) is 5.05. The Labute approximate surface area is 139 Å². The van der Waals surface area contributed by atoms with E-state index < -0.39 is 0 Å². The normalized spacial score (nSPS) is 11.2. The number of hydrogen-bond acceptors (Lipinski definition) is 4. The second kappa shape index (κ2) is 7.11.